The number of ether oxygens (including phenoxy) is 1. The van der Waals surface area contributed by atoms with Gasteiger partial charge in [-0.3, -0.25) is 9.59 Å². The molecule has 0 aliphatic carbocycles. The lowest BCUT2D eigenvalue weighted by Crippen LogP contribution is -2.49. The van der Waals surface area contributed by atoms with Crippen molar-refractivity contribution in [3.05, 3.63) is 47.3 Å². The van der Waals surface area contributed by atoms with Gasteiger partial charge in [0.25, 0.3) is 5.91 Å². The molecule has 1 fully saturated rings. The Balaban J connectivity index is 1.60. The van der Waals surface area contributed by atoms with Gasteiger partial charge in [-0.2, -0.15) is 0 Å². The molecular weight excluding hydrogens is 430 g/mol. The van der Waals surface area contributed by atoms with Crippen LogP contribution in [0.1, 0.15) is 73.6 Å². The third-order valence-corrected chi connectivity index (χ3v) is 6.64. The monoisotopic (exact) mass is 465 g/mol. The quantitative estimate of drug-likeness (QED) is 0.729. The number of carbonyl (C=O) groups excluding carboxylic acids is 2. The first-order valence-electron chi connectivity index (χ1n) is 12.4. The van der Waals surface area contributed by atoms with Crippen LogP contribution in [0.4, 0.5) is 5.95 Å². The van der Waals surface area contributed by atoms with Crippen molar-refractivity contribution in [2.45, 2.75) is 64.3 Å². The maximum atomic E-state index is 13.5. The smallest absolute Gasteiger partial charge is 0.273 e. The maximum Gasteiger partial charge on any atom is 0.273 e. The molecule has 3 heterocycles. The van der Waals surface area contributed by atoms with Gasteiger partial charge in [0.2, 0.25) is 11.9 Å². The van der Waals surface area contributed by atoms with Gasteiger partial charge in [-0.25, -0.2) is 9.97 Å². The molecule has 1 unspecified atom stereocenters. The highest BCUT2D eigenvalue weighted by molar-refractivity contribution is 5.95. The molecule has 1 aromatic carbocycles. The SMILES string of the molecule is CC(C)c1cc(C(=O)N2CCCOc3cccc(c3)CCC3CCCCN3C(=O)C2)nc(N)n1. The van der Waals surface area contributed by atoms with Crippen molar-refractivity contribution in [2.75, 3.05) is 32.0 Å². The molecule has 34 heavy (non-hydrogen) atoms. The van der Waals surface area contributed by atoms with Gasteiger partial charge in [0, 0.05) is 24.8 Å². The van der Waals surface area contributed by atoms with E-state index in [-0.39, 0.29) is 42.0 Å². The zero-order chi connectivity index (χ0) is 24.1. The summed E-state index contributed by atoms with van der Waals surface area (Å²) in [5.41, 5.74) is 8.06. The van der Waals surface area contributed by atoms with Crippen molar-refractivity contribution in [3.63, 3.8) is 0 Å². The van der Waals surface area contributed by atoms with Crippen LogP contribution in [-0.2, 0) is 11.2 Å². The fourth-order valence-electron chi connectivity index (χ4n) is 4.76. The number of nitrogens with two attached hydrogens (primary N) is 1. The van der Waals surface area contributed by atoms with Gasteiger partial charge in [-0.15, -0.1) is 0 Å². The highest BCUT2D eigenvalue weighted by Gasteiger charge is 2.30. The van der Waals surface area contributed by atoms with Crippen LogP contribution < -0.4 is 10.5 Å². The minimum atomic E-state index is -0.299. The Kier molecular flexibility index (Phi) is 7.65. The zero-order valence-electron chi connectivity index (χ0n) is 20.2. The van der Waals surface area contributed by atoms with Crippen molar-refractivity contribution in [2.24, 2.45) is 0 Å². The van der Waals surface area contributed by atoms with Crippen LogP contribution in [0.15, 0.2) is 30.3 Å². The van der Waals surface area contributed by atoms with Crippen molar-refractivity contribution in [1.82, 2.24) is 19.8 Å². The number of carbonyl (C=O) groups is 2. The number of aromatic nitrogens is 2. The summed E-state index contributed by atoms with van der Waals surface area (Å²) in [6.07, 6.45) is 5.52. The second kappa shape index (κ2) is 10.8. The van der Waals surface area contributed by atoms with E-state index < -0.39 is 0 Å². The number of piperidine rings is 1. The lowest BCUT2D eigenvalue weighted by atomic mass is 9.95. The van der Waals surface area contributed by atoms with Crippen LogP contribution >= 0.6 is 0 Å². The number of nitrogens with zero attached hydrogens (tertiary/aromatic N) is 4. The van der Waals surface area contributed by atoms with Gasteiger partial charge in [-0.05, 0) is 68.2 Å². The molecule has 1 atom stereocenters. The fraction of sp³-hybridized carbons (Fsp3) is 0.538. The van der Waals surface area contributed by atoms with Gasteiger partial charge < -0.3 is 20.3 Å². The van der Waals surface area contributed by atoms with Gasteiger partial charge in [0.1, 0.15) is 18.0 Å². The molecule has 8 nitrogen and oxygen atoms in total. The molecule has 2 bridgehead atoms. The van der Waals surface area contributed by atoms with Gasteiger partial charge in [-0.1, -0.05) is 26.0 Å². The van der Waals surface area contributed by atoms with Crippen LogP contribution in [0, 0.1) is 0 Å². The number of benzene rings is 1. The average molecular weight is 466 g/mol. The standard InChI is InChI=1S/C26H35N5O3/c1-18(2)22-16-23(29-26(27)28-22)25(33)30-12-6-14-34-21-9-5-7-19(15-21)10-11-20-8-3-4-13-31(20)24(32)17-30/h5,7,9,15-16,18,20H,3-4,6,8,10-14,17H2,1-2H3,(H2,27,28,29). The van der Waals surface area contributed by atoms with Crippen molar-refractivity contribution in [3.8, 4) is 5.75 Å². The Bertz CT molecular complexity index is 1030. The topological polar surface area (TPSA) is 102 Å². The van der Waals surface area contributed by atoms with Crippen LogP contribution in [0.5, 0.6) is 5.75 Å². The molecule has 1 saturated heterocycles. The third-order valence-electron chi connectivity index (χ3n) is 6.64. The largest absolute Gasteiger partial charge is 0.494 e. The second-order valence-electron chi connectivity index (χ2n) is 9.54. The van der Waals surface area contributed by atoms with Crippen molar-refractivity contribution < 1.29 is 14.3 Å². The number of nitrogen functional groups attached to an aromatic ring is 1. The zero-order valence-corrected chi connectivity index (χ0v) is 20.2. The number of fused-ring (bicyclic) bond motifs is 3. The highest BCUT2D eigenvalue weighted by atomic mass is 16.5. The van der Waals surface area contributed by atoms with Crippen molar-refractivity contribution in [1.29, 1.82) is 0 Å². The first-order valence-corrected chi connectivity index (χ1v) is 12.4. The van der Waals surface area contributed by atoms with E-state index in [1.807, 2.05) is 30.9 Å². The molecule has 2 aliphatic rings. The van der Waals surface area contributed by atoms with Crippen LogP contribution in [0.3, 0.4) is 0 Å². The van der Waals surface area contributed by atoms with E-state index >= 15 is 0 Å². The molecule has 1 aromatic heterocycles. The maximum absolute atomic E-state index is 13.5. The summed E-state index contributed by atoms with van der Waals surface area (Å²) < 4.78 is 5.95. The van der Waals surface area contributed by atoms with Crippen LogP contribution in [-0.4, -0.2) is 63.9 Å². The van der Waals surface area contributed by atoms with Crippen LogP contribution in [0.2, 0.25) is 0 Å². The molecule has 0 spiro atoms. The summed E-state index contributed by atoms with van der Waals surface area (Å²) in [6.45, 7) is 5.60. The Morgan fingerprint density at radius 2 is 1.97 bits per heavy atom. The summed E-state index contributed by atoms with van der Waals surface area (Å²) in [7, 11) is 0. The van der Waals surface area contributed by atoms with Gasteiger partial charge in [0.05, 0.1) is 6.61 Å². The molecule has 8 heteroatoms. The van der Waals surface area contributed by atoms with E-state index in [1.165, 1.54) is 5.56 Å². The minimum absolute atomic E-state index is 0.00381. The first-order chi connectivity index (χ1) is 16.4. The number of rotatable bonds is 2. The highest BCUT2D eigenvalue weighted by Crippen LogP contribution is 2.24. The van der Waals surface area contributed by atoms with E-state index in [1.54, 1.807) is 11.0 Å². The Morgan fingerprint density at radius 3 is 2.79 bits per heavy atom. The van der Waals surface area contributed by atoms with Crippen LogP contribution in [0.25, 0.3) is 0 Å². The molecule has 2 N–H and O–H groups in total. The van der Waals surface area contributed by atoms with E-state index in [9.17, 15) is 9.59 Å². The lowest BCUT2D eigenvalue weighted by molar-refractivity contribution is -0.135. The molecule has 4 rings (SSSR count). The number of anilines is 1. The Hall–Kier alpha value is -3.16. The molecule has 2 aliphatic heterocycles. The minimum Gasteiger partial charge on any atom is -0.494 e. The average Bonchev–Trinajstić information content (AvgIpc) is 2.83. The molecule has 2 amide bonds. The summed E-state index contributed by atoms with van der Waals surface area (Å²) in [6, 6.07) is 10.1. The molecule has 182 valence electrons. The number of amides is 2. The first kappa shape index (κ1) is 24.0. The number of aryl methyl sites for hydroxylation is 1. The number of hydrogen-bond donors (Lipinski definition) is 1. The number of hydrogen-bond acceptors (Lipinski definition) is 6. The summed E-state index contributed by atoms with van der Waals surface area (Å²) >= 11 is 0. The molecular formula is C26H35N5O3. The molecule has 2 aromatic rings. The summed E-state index contributed by atoms with van der Waals surface area (Å²) in [5, 5.41) is 0. The summed E-state index contributed by atoms with van der Waals surface area (Å²) in [5.74, 6) is 0.718. The third kappa shape index (κ3) is 5.85. The fourth-order valence-corrected chi connectivity index (χ4v) is 4.76. The van der Waals surface area contributed by atoms with E-state index in [2.05, 4.69) is 22.1 Å². The van der Waals surface area contributed by atoms with Gasteiger partial charge >= 0.3 is 0 Å². The molecule has 0 saturated carbocycles. The second-order valence-corrected chi connectivity index (χ2v) is 9.54. The Morgan fingerprint density at radius 1 is 1.12 bits per heavy atom. The van der Waals surface area contributed by atoms with E-state index in [4.69, 9.17) is 10.5 Å². The molecule has 0 radical (unpaired) electrons. The van der Waals surface area contributed by atoms with Gasteiger partial charge in [0.15, 0.2) is 0 Å². The Labute approximate surface area is 201 Å². The summed E-state index contributed by atoms with van der Waals surface area (Å²) in [4.78, 5) is 38.9. The van der Waals surface area contributed by atoms with E-state index in [0.717, 1.165) is 44.4 Å². The predicted molar refractivity (Wildman–Crippen MR) is 131 cm³/mol. The van der Waals surface area contributed by atoms with E-state index in [0.29, 0.717) is 25.3 Å². The predicted octanol–water partition coefficient (Wildman–Crippen LogP) is 3.42. The van der Waals surface area contributed by atoms with Crippen molar-refractivity contribution >= 4 is 17.8 Å². The lowest BCUT2D eigenvalue weighted by Gasteiger charge is -2.37. The normalized spacial score (nSPS) is 19.9.